The van der Waals surface area contributed by atoms with E-state index >= 15 is 0 Å². The third-order valence-corrected chi connectivity index (χ3v) is 3.53. The van der Waals surface area contributed by atoms with Gasteiger partial charge in [0.15, 0.2) is 0 Å². The zero-order valence-corrected chi connectivity index (χ0v) is 13.7. The van der Waals surface area contributed by atoms with Crippen LogP contribution >= 0.6 is 0 Å². The molecule has 2 N–H and O–H groups in total. The molecule has 3 rings (SSSR count). The van der Waals surface area contributed by atoms with Gasteiger partial charge in [0.1, 0.15) is 5.82 Å². The third kappa shape index (κ3) is 4.73. The van der Waals surface area contributed by atoms with Crippen molar-refractivity contribution in [2.24, 2.45) is 0 Å². The molecule has 0 unspecified atom stereocenters. The number of hydrogen-bond acceptors (Lipinski definition) is 4. The van der Waals surface area contributed by atoms with Crippen LogP contribution in [0.2, 0.25) is 0 Å². The van der Waals surface area contributed by atoms with E-state index in [1.165, 1.54) is 18.3 Å². The predicted molar refractivity (Wildman–Crippen MR) is 92.4 cm³/mol. The standard InChI is InChI=1S/C18H16FN5O2/c19-15-5-3-13(4-6-15)11-24-12-16(10-22-24)23-18(26)17(25)21-9-14-2-1-7-20-8-14/h1-8,10,12H,9,11H2,(H,21,25)(H,23,26). The molecule has 0 radical (unpaired) electrons. The molecule has 2 aromatic heterocycles. The molecule has 0 spiro atoms. The normalized spacial score (nSPS) is 10.3. The topological polar surface area (TPSA) is 88.9 Å². The number of anilines is 1. The molecule has 3 aromatic rings. The molecule has 0 aliphatic carbocycles. The Morgan fingerprint density at radius 1 is 1.04 bits per heavy atom. The van der Waals surface area contributed by atoms with Crippen LogP contribution in [-0.4, -0.2) is 26.6 Å². The van der Waals surface area contributed by atoms with Crippen molar-refractivity contribution >= 4 is 17.5 Å². The molecule has 8 heteroatoms. The maximum Gasteiger partial charge on any atom is 0.313 e. The van der Waals surface area contributed by atoms with Gasteiger partial charge < -0.3 is 10.6 Å². The second-order valence-corrected chi connectivity index (χ2v) is 5.55. The second kappa shape index (κ2) is 8.02. The molecule has 0 saturated heterocycles. The van der Waals surface area contributed by atoms with Crippen molar-refractivity contribution < 1.29 is 14.0 Å². The highest BCUT2D eigenvalue weighted by Crippen LogP contribution is 2.09. The van der Waals surface area contributed by atoms with Gasteiger partial charge >= 0.3 is 11.8 Å². The van der Waals surface area contributed by atoms with Gasteiger partial charge in [-0.2, -0.15) is 5.10 Å². The Hall–Kier alpha value is -3.55. The molecule has 132 valence electrons. The number of nitrogens with zero attached hydrogens (tertiary/aromatic N) is 3. The fourth-order valence-electron chi connectivity index (χ4n) is 2.24. The minimum Gasteiger partial charge on any atom is -0.344 e. The summed E-state index contributed by atoms with van der Waals surface area (Å²) in [6, 6.07) is 9.59. The Morgan fingerprint density at radius 2 is 1.85 bits per heavy atom. The van der Waals surface area contributed by atoms with Crippen LogP contribution in [-0.2, 0) is 22.7 Å². The summed E-state index contributed by atoms with van der Waals surface area (Å²) in [7, 11) is 0. The number of halogens is 1. The van der Waals surface area contributed by atoms with E-state index in [0.717, 1.165) is 11.1 Å². The lowest BCUT2D eigenvalue weighted by Crippen LogP contribution is -2.34. The van der Waals surface area contributed by atoms with Crippen LogP contribution < -0.4 is 10.6 Å². The average molecular weight is 353 g/mol. The molecule has 0 saturated carbocycles. The third-order valence-electron chi connectivity index (χ3n) is 3.53. The largest absolute Gasteiger partial charge is 0.344 e. The summed E-state index contributed by atoms with van der Waals surface area (Å²) >= 11 is 0. The first-order valence-electron chi connectivity index (χ1n) is 7.85. The zero-order chi connectivity index (χ0) is 18.4. The highest BCUT2D eigenvalue weighted by Gasteiger charge is 2.14. The molecular weight excluding hydrogens is 337 g/mol. The molecular formula is C18H16FN5O2. The SMILES string of the molecule is O=C(NCc1cccnc1)C(=O)Nc1cnn(Cc2ccc(F)cc2)c1. The summed E-state index contributed by atoms with van der Waals surface area (Å²) in [6.07, 6.45) is 6.27. The fraction of sp³-hybridized carbons (Fsp3) is 0.111. The van der Waals surface area contributed by atoms with Gasteiger partial charge in [-0.3, -0.25) is 19.3 Å². The number of nitrogens with one attached hydrogen (secondary N) is 2. The maximum absolute atomic E-state index is 12.9. The van der Waals surface area contributed by atoms with Crippen LogP contribution in [0.4, 0.5) is 10.1 Å². The number of carbonyl (C=O) groups excluding carboxylic acids is 2. The van der Waals surface area contributed by atoms with E-state index in [9.17, 15) is 14.0 Å². The lowest BCUT2D eigenvalue weighted by atomic mass is 10.2. The molecule has 7 nitrogen and oxygen atoms in total. The minimum atomic E-state index is -0.782. The summed E-state index contributed by atoms with van der Waals surface area (Å²) in [5.74, 6) is -1.84. The van der Waals surface area contributed by atoms with Crippen molar-refractivity contribution in [3.05, 3.63) is 78.1 Å². The Labute approximate surface area is 148 Å². The molecule has 0 bridgehead atoms. The van der Waals surface area contributed by atoms with E-state index < -0.39 is 11.8 Å². The van der Waals surface area contributed by atoms with Gasteiger partial charge in [-0.25, -0.2) is 4.39 Å². The zero-order valence-electron chi connectivity index (χ0n) is 13.7. The van der Waals surface area contributed by atoms with E-state index in [-0.39, 0.29) is 12.4 Å². The van der Waals surface area contributed by atoms with Crippen LogP contribution in [0.3, 0.4) is 0 Å². The van der Waals surface area contributed by atoms with Crippen molar-refractivity contribution in [2.75, 3.05) is 5.32 Å². The number of hydrogen-bond donors (Lipinski definition) is 2. The van der Waals surface area contributed by atoms with Crippen molar-refractivity contribution in [3.63, 3.8) is 0 Å². The van der Waals surface area contributed by atoms with E-state index in [1.54, 1.807) is 47.5 Å². The Kier molecular flexibility index (Phi) is 5.33. The smallest absolute Gasteiger partial charge is 0.313 e. The van der Waals surface area contributed by atoms with E-state index in [4.69, 9.17) is 0 Å². The maximum atomic E-state index is 12.9. The number of carbonyl (C=O) groups is 2. The Balaban J connectivity index is 1.52. The predicted octanol–water partition coefficient (Wildman–Crippen LogP) is 1.72. The van der Waals surface area contributed by atoms with Gasteiger partial charge in [-0.15, -0.1) is 0 Å². The number of aromatic nitrogens is 3. The fourth-order valence-corrected chi connectivity index (χ4v) is 2.24. The molecule has 2 amide bonds. The summed E-state index contributed by atoms with van der Waals surface area (Å²) in [5, 5.41) is 9.11. The summed E-state index contributed by atoms with van der Waals surface area (Å²) in [6.45, 7) is 0.632. The van der Waals surface area contributed by atoms with Crippen molar-refractivity contribution in [1.29, 1.82) is 0 Å². The minimum absolute atomic E-state index is 0.212. The molecule has 2 heterocycles. The quantitative estimate of drug-likeness (QED) is 0.684. The number of amides is 2. The van der Waals surface area contributed by atoms with Crippen LogP contribution in [0.5, 0.6) is 0 Å². The van der Waals surface area contributed by atoms with Gasteiger partial charge in [-0.05, 0) is 29.3 Å². The van der Waals surface area contributed by atoms with Gasteiger partial charge in [0, 0.05) is 25.1 Å². The van der Waals surface area contributed by atoms with Crippen LogP contribution in [0.1, 0.15) is 11.1 Å². The summed E-state index contributed by atoms with van der Waals surface area (Å²) in [5.41, 5.74) is 2.05. The number of pyridine rings is 1. The lowest BCUT2D eigenvalue weighted by Gasteiger charge is -2.05. The number of benzene rings is 1. The van der Waals surface area contributed by atoms with E-state index in [0.29, 0.717) is 12.2 Å². The van der Waals surface area contributed by atoms with Gasteiger partial charge in [-0.1, -0.05) is 18.2 Å². The molecule has 26 heavy (non-hydrogen) atoms. The Morgan fingerprint density at radius 3 is 2.58 bits per heavy atom. The first-order chi connectivity index (χ1) is 12.6. The van der Waals surface area contributed by atoms with Crippen molar-refractivity contribution in [3.8, 4) is 0 Å². The highest BCUT2D eigenvalue weighted by atomic mass is 19.1. The average Bonchev–Trinajstić information content (AvgIpc) is 3.09. The highest BCUT2D eigenvalue weighted by molar-refractivity contribution is 6.39. The van der Waals surface area contributed by atoms with E-state index in [2.05, 4.69) is 20.7 Å². The van der Waals surface area contributed by atoms with Crippen molar-refractivity contribution in [2.45, 2.75) is 13.1 Å². The Bertz CT molecular complexity index is 893. The lowest BCUT2D eigenvalue weighted by molar-refractivity contribution is -0.136. The molecule has 0 fully saturated rings. The molecule has 0 aliphatic rings. The number of rotatable bonds is 5. The first kappa shape index (κ1) is 17.3. The van der Waals surface area contributed by atoms with Crippen LogP contribution in [0.25, 0.3) is 0 Å². The summed E-state index contributed by atoms with van der Waals surface area (Å²) in [4.78, 5) is 27.7. The van der Waals surface area contributed by atoms with Crippen LogP contribution in [0, 0.1) is 5.82 Å². The van der Waals surface area contributed by atoms with Gasteiger partial charge in [0.05, 0.1) is 18.4 Å². The summed E-state index contributed by atoms with van der Waals surface area (Å²) < 4.78 is 14.5. The van der Waals surface area contributed by atoms with Gasteiger partial charge in [0.25, 0.3) is 0 Å². The van der Waals surface area contributed by atoms with E-state index in [1.807, 2.05) is 0 Å². The monoisotopic (exact) mass is 353 g/mol. The first-order valence-corrected chi connectivity index (χ1v) is 7.85. The van der Waals surface area contributed by atoms with Crippen LogP contribution in [0.15, 0.2) is 61.2 Å². The van der Waals surface area contributed by atoms with Gasteiger partial charge in [0.2, 0.25) is 0 Å². The molecule has 0 aliphatic heterocycles. The molecule has 1 aromatic carbocycles. The second-order valence-electron chi connectivity index (χ2n) is 5.55. The molecule has 0 atom stereocenters. The van der Waals surface area contributed by atoms with Crippen molar-refractivity contribution in [1.82, 2.24) is 20.1 Å².